The Morgan fingerprint density at radius 2 is 2.26 bits per heavy atom. The van der Waals surface area contributed by atoms with Crippen molar-refractivity contribution in [1.29, 1.82) is 0 Å². The highest BCUT2D eigenvalue weighted by atomic mass is 32.1. The quantitative estimate of drug-likeness (QED) is 0.900. The van der Waals surface area contributed by atoms with Crippen LogP contribution in [-0.2, 0) is 11.2 Å². The smallest absolute Gasteiger partial charge is 0.226 e. The molecule has 0 aliphatic heterocycles. The summed E-state index contributed by atoms with van der Waals surface area (Å²) < 4.78 is 0. The number of rotatable bonds is 5. The lowest BCUT2D eigenvalue weighted by Gasteiger charge is -2.20. The highest BCUT2D eigenvalue weighted by Crippen LogP contribution is 2.49. The van der Waals surface area contributed by atoms with Gasteiger partial charge in [-0.05, 0) is 43.4 Å². The minimum absolute atomic E-state index is 0.122. The van der Waals surface area contributed by atoms with Crippen LogP contribution < -0.4 is 5.32 Å². The minimum atomic E-state index is 0.122. The van der Waals surface area contributed by atoms with Gasteiger partial charge in [-0.25, -0.2) is 0 Å². The summed E-state index contributed by atoms with van der Waals surface area (Å²) in [7, 11) is 0. The summed E-state index contributed by atoms with van der Waals surface area (Å²) in [6.45, 7) is 2.12. The summed E-state index contributed by atoms with van der Waals surface area (Å²) >= 11 is 1.50. The predicted octanol–water partition coefficient (Wildman–Crippen LogP) is 3.26. The first-order valence-electron chi connectivity index (χ1n) is 7.36. The molecule has 1 aromatic rings. The third-order valence-corrected chi connectivity index (χ3v) is 5.41. The molecule has 0 saturated heterocycles. The van der Waals surface area contributed by atoms with Crippen LogP contribution >= 0.6 is 11.3 Å². The number of aromatic nitrogens is 2. The van der Waals surface area contributed by atoms with Gasteiger partial charge in [0.15, 0.2) is 0 Å². The predicted molar refractivity (Wildman–Crippen MR) is 76.1 cm³/mol. The summed E-state index contributed by atoms with van der Waals surface area (Å²) in [4.78, 5) is 12.0. The van der Waals surface area contributed by atoms with Gasteiger partial charge in [0, 0.05) is 12.8 Å². The van der Waals surface area contributed by atoms with Crippen molar-refractivity contribution in [1.82, 2.24) is 10.2 Å². The van der Waals surface area contributed by atoms with E-state index < -0.39 is 0 Å². The van der Waals surface area contributed by atoms with E-state index in [1.165, 1.54) is 37.0 Å². The van der Waals surface area contributed by atoms with Crippen molar-refractivity contribution < 1.29 is 4.79 Å². The van der Waals surface area contributed by atoms with Crippen molar-refractivity contribution in [3.8, 4) is 0 Å². The Balaban J connectivity index is 1.50. The molecule has 19 heavy (non-hydrogen) atoms. The average molecular weight is 279 g/mol. The molecule has 2 bridgehead atoms. The van der Waals surface area contributed by atoms with Crippen LogP contribution in [0.4, 0.5) is 5.13 Å². The lowest BCUT2D eigenvalue weighted by atomic mass is 9.86. The van der Waals surface area contributed by atoms with E-state index in [2.05, 4.69) is 22.4 Å². The zero-order chi connectivity index (χ0) is 13.2. The van der Waals surface area contributed by atoms with Crippen LogP contribution in [0.3, 0.4) is 0 Å². The fourth-order valence-corrected chi connectivity index (χ4v) is 4.51. The van der Waals surface area contributed by atoms with Crippen molar-refractivity contribution in [3.05, 3.63) is 5.01 Å². The number of aryl methyl sites for hydroxylation is 1. The Labute approximate surface area is 118 Å². The number of carbonyl (C=O) groups excluding carboxylic acids is 1. The van der Waals surface area contributed by atoms with Crippen LogP contribution in [-0.4, -0.2) is 16.1 Å². The maximum Gasteiger partial charge on any atom is 0.226 e. The monoisotopic (exact) mass is 279 g/mol. The molecule has 0 spiro atoms. The Kier molecular flexibility index (Phi) is 3.82. The number of hydrogen-bond acceptors (Lipinski definition) is 4. The van der Waals surface area contributed by atoms with E-state index >= 15 is 0 Å². The van der Waals surface area contributed by atoms with Crippen molar-refractivity contribution in [2.45, 2.75) is 51.9 Å². The molecule has 0 unspecified atom stereocenters. The van der Waals surface area contributed by atoms with E-state index in [4.69, 9.17) is 0 Å². The van der Waals surface area contributed by atoms with E-state index in [0.29, 0.717) is 17.5 Å². The van der Waals surface area contributed by atoms with E-state index in [9.17, 15) is 4.79 Å². The van der Waals surface area contributed by atoms with Gasteiger partial charge in [-0.15, -0.1) is 10.2 Å². The van der Waals surface area contributed by atoms with Crippen LogP contribution in [0.1, 0.15) is 50.5 Å². The van der Waals surface area contributed by atoms with E-state index in [1.807, 2.05) is 0 Å². The molecule has 1 amide bonds. The van der Waals surface area contributed by atoms with Gasteiger partial charge in [0.05, 0.1) is 0 Å². The van der Waals surface area contributed by atoms with Crippen LogP contribution in [0.5, 0.6) is 0 Å². The highest BCUT2D eigenvalue weighted by molar-refractivity contribution is 7.15. The number of carbonyl (C=O) groups is 1. The first-order chi connectivity index (χ1) is 9.24. The normalized spacial score (nSPS) is 28.8. The lowest BCUT2D eigenvalue weighted by Crippen LogP contribution is -2.20. The van der Waals surface area contributed by atoms with E-state index in [1.54, 1.807) is 0 Å². The Hall–Kier alpha value is -0.970. The van der Waals surface area contributed by atoms with Crippen LogP contribution in [0.15, 0.2) is 0 Å². The van der Waals surface area contributed by atoms with Crippen molar-refractivity contribution in [2.75, 3.05) is 5.32 Å². The standard InChI is InChI=1S/C14H21N3OS/c1-2-3-13-16-17-14(19-13)15-12(18)8-11-7-9-4-5-10(11)6-9/h9-11H,2-8H2,1H3,(H,15,17,18)/t9-,10-,11-/m1/s1. The highest BCUT2D eigenvalue weighted by Gasteiger charge is 2.40. The second-order valence-electron chi connectivity index (χ2n) is 5.94. The summed E-state index contributed by atoms with van der Waals surface area (Å²) in [6, 6.07) is 0. The topological polar surface area (TPSA) is 54.9 Å². The van der Waals surface area contributed by atoms with E-state index in [-0.39, 0.29) is 5.91 Å². The van der Waals surface area contributed by atoms with Gasteiger partial charge in [0.1, 0.15) is 5.01 Å². The maximum atomic E-state index is 12.0. The number of fused-ring (bicyclic) bond motifs is 2. The summed E-state index contributed by atoms with van der Waals surface area (Å²) in [5, 5.41) is 12.7. The lowest BCUT2D eigenvalue weighted by molar-refractivity contribution is -0.117. The molecule has 4 nitrogen and oxygen atoms in total. The van der Waals surface area contributed by atoms with Gasteiger partial charge in [-0.3, -0.25) is 4.79 Å². The van der Waals surface area contributed by atoms with Gasteiger partial charge in [-0.2, -0.15) is 0 Å². The van der Waals surface area contributed by atoms with Crippen LogP contribution in [0.25, 0.3) is 0 Å². The Morgan fingerprint density at radius 1 is 1.37 bits per heavy atom. The van der Waals surface area contributed by atoms with Crippen molar-refractivity contribution in [2.24, 2.45) is 17.8 Å². The Morgan fingerprint density at radius 3 is 2.95 bits per heavy atom. The van der Waals surface area contributed by atoms with Gasteiger partial charge >= 0.3 is 0 Å². The molecule has 2 aliphatic carbocycles. The molecule has 2 saturated carbocycles. The van der Waals surface area contributed by atoms with Crippen molar-refractivity contribution in [3.63, 3.8) is 0 Å². The molecule has 0 aromatic carbocycles. The third kappa shape index (κ3) is 2.96. The zero-order valence-corrected chi connectivity index (χ0v) is 12.2. The first kappa shape index (κ1) is 13.0. The molecular formula is C14H21N3OS. The fourth-order valence-electron chi connectivity index (χ4n) is 3.65. The van der Waals surface area contributed by atoms with Gasteiger partial charge in [0.2, 0.25) is 11.0 Å². The van der Waals surface area contributed by atoms with E-state index in [0.717, 1.165) is 29.7 Å². The zero-order valence-electron chi connectivity index (χ0n) is 11.4. The maximum absolute atomic E-state index is 12.0. The molecule has 2 aliphatic rings. The minimum Gasteiger partial charge on any atom is -0.301 e. The first-order valence-corrected chi connectivity index (χ1v) is 8.18. The molecule has 3 atom stereocenters. The number of amides is 1. The second kappa shape index (κ2) is 5.57. The summed E-state index contributed by atoms with van der Waals surface area (Å²) in [5.74, 6) is 2.44. The summed E-state index contributed by atoms with van der Waals surface area (Å²) in [6.07, 6.45) is 8.02. The fraction of sp³-hybridized carbons (Fsp3) is 0.786. The van der Waals surface area contributed by atoms with Gasteiger partial charge in [-0.1, -0.05) is 24.7 Å². The molecule has 3 rings (SSSR count). The molecule has 5 heteroatoms. The molecule has 2 fully saturated rings. The van der Waals surface area contributed by atoms with Gasteiger partial charge in [0.25, 0.3) is 0 Å². The molecule has 1 heterocycles. The number of nitrogens with zero attached hydrogens (tertiary/aromatic N) is 2. The molecule has 1 N–H and O–H groups in total. The number of hydrogen-bond donors (Lipinski definition) is 1. The average Bonchev–Trinajstić information content (AvgIpc) is 3.06. The number of nitrogens with one attached hydrogen (secondary N) is 1. The van der Waals surface area contributed by atoms with Gasteiger partial charge < -0.3 is 5.32 Å². The largest absolute Gasteiger partial charge is 0.301 e. The Bertz CT molecular complexity index is 459. The molecule has 104 valence electrons. The van der Waals surface area contributed by atoms with Crippen LogP contribution in [0, 0.1) is 17.8 Å². The molecule has 0 radical (unpaired) electrons. The van der Waals surface area contributed by atoms with Crippen LogP contribution in [0.2, 0.25) is 0 Å². The number of anilines is 1. The SMILES string of the molecule is CCCc1nnc(NC(=O)C[C@H]2C[C@@H]3CC[C@@H]2C3)s1. The summed E-state index contributed by atoms with van der Waals surface area (Å²) in [5.41, 5.74) is 0. The molecular weight excluding hydrogens is 258 g/mol. The third-order valence-electron chi connectivity index (χ3n) is 4.51. The second-order valence-corrected chi connectivity index (χ2v) is 7.00. The molecule has 1 aromatic heterocycles. The van der Waals surface area contributed by atoms with Crippen molar-refractivity contribution >= 4 is 22.4 Å².